The minimum absolute atomic E-state index is 0.0509. The number of sulfonamides is 1. The average Bonchev–Trinajstić information content (AvgIpc) is 4.05. The van der Waals surface area contributed by atoms with Crippen molar-refractivity contribution in [3.8, 4) is 11.6 Å². The van der Waals surface area contributed by atoms with Crippen LogP contribution in [-0.2, 0) is 49.2 Å². The van der Waals surface area contributed by atoms with Gasteiger partial charge in [-0.05, 0) is 108 Å². The number of rotatable bonds is 13. The van der Waals surface area contributed by atoms with Gasteiger partial charge in [0.15, 0.2) is 0 Å². The lowest BCUT2D eigenvalue weighted by Gasteiger charge is -2.32. The van der Waals surface area contributed by atoms with Gasteiger partial charge >= 0.3 is 13.9 Å². The second-order valence-electron chi connectivity index (χ2n) is 17.8. The summed E-state index contributed by atoms with van der Waals surface area (Å²) in [6.45, 7) is 7.18. The van der Waals surface area contributed by atoms with Crippen LogP contribution in [0, 0.1) is 17.8 Å². The van der Waals surface area contributed by atoms with Crippen LogP contribution in [0.3, 0.4) is 0 Å². The molecule has 5 fully saturated rings. The number of carbonyl (C=O) groups excluding carboxylic acids is 4. The topological polar surface area (TPSA) is 218 Å². The van der Waals surface area contributed by atoms with Crippen molar-refractivity contribution in [3.05, 3.63) is 54.6 Å². The summed E-state index contributed by atoms with van der Waals surface area (Å²) in [6, 6.07) is 4.92. The van der Waals surface area contributed by atoms with Crippen molar-refractivity contribution in [3.63, 3.8) is 0 Å². The van der Waals surface area contributed by atoms with E-state index in [0.29, 0.717) is 55.0 Å². The Labute approximate surface area is 374 Å². The molecule has 1 aromatic carbocycles. The number of ether oxygens (including phenoxy) is 2. The van der Waals surface area contributed by atoms with E-state index in [2.05, 4.69) is 21.9 Å². The van der Waals surface area contributed by atoms with Crippen molar-refractivity contribution in [2.24, 2.45) is 17.8 Å². The minimum Gasteiger partial charge on any atom is -0.472 e. The molecule has 3 heterocycles. The van der Waals surface area contributed by atoms with E-state index in [4.69, 9.17) is 28.0 Å². The van der Waals surface area contributed by atoms with Crippen LogP contribution in [0.25, 0.3) is 10.9 Å². The number of phosphoric acid groups is 1. The van der Waals surface area contributed by atoms with Crippen LogP contribution in [-0.4, -0.2) is 97.0 Å². The number of hydrogen-bond acceptors (Lipinski definition) is 13. The molecule has 7 atom stereocenters. The lowest BCUT2D eigenvalue weighted by Crippen LogP contribution is -2.59. The van der Waals surface area contributed by atoms with Gasteiger partial charge in [-0.1, -0.05) is 43.2 Å². The third kappa shape index (κ3) is 9.85. The fourth-order valence-corrected chi connectivity index (χ4v) is 12.5. The number of nitrogens with zero attached hydrogens (tertiary/aromatic N) is 2. The molecule has 2 bridgehead atoms. The van der Waals surface area contributed by atoms with E-state index in [1.54, 1.807) is 32.0 Å². The van der Waals surface area contributed by atoms with Gasteiger partial charge in [0, 0.05) is 17.7 Å². The second kappa shape index (κ2) is 19.1. The van der Waals surface area contributed by atoms with Gasteiger partial charge in [-0.25, -0.2) is 22.8 Å². The molecule has 17 nitrogen and oxygen atoms in total. The summed E-state index contributed by atoms with van der Waals surface area (Å²) in [5.74, 6) is -2.42. The maximum Gasteiger partial charge on any atom is 0.530 e. The molecule has 4 saturated carbocycles. The van der Waals surface area contributed by atoms with Crippen molar-refractivity contribution in [1.82, 2.24) is 25.2 Å². The molecule has 4 amide bonds. The second-order valence-corrected chi connectivity index (χ2v) is 21.4. The van der Waals surface area contributed by atoms with Crippen molar-refractivity contribution in [2.45, 2.75) is 139 Å². The molecule has 1 aromatic heterocycles. The zero-order valence-corrected chi connectivity index (χ0v) is 38.2. The lowest BCUT2D eigenvalue weighted by molar-refractivity contribution is -0.142. The van der Waals surface area contributed by atoms with Gasteiger partial charge in [-0.2, -0.15) is 0 Å². The van der Waals surface area contributed by atoms with Gasteiger partial charge < -0.3 is 29.5 Å². The normalized spacial score (nSPS) is 29.1. The Morgan fingerprint density at radius 1 is 1.00 bits per heavy atom. The summed E-state index contributed by atoms with van der Waals surface area (Å²) < 4.78 is 72.3. The van der Waals surface area contributed by atoms with E-state index < -0.39 is 76.6 Å². The van der Waals surface area contributed by atoms with Crippen molar-refractivity contribution >= 4 is 52.6 Å². The van der Waals surface area contributed by atoms with Crippen LogP contribution >= 0.6 is 7.82 Å². The Balaban J connectivity index is 1.19. The first-order chi connectivity index (χ1) is 30.8. The van der Waals surface area contributed by atoms with E-state index in [0.717, 1.165) is 32.1 Å². The summed E-state index contributed by atoms with van der Waals surface area (Å²) in [5, 5.41) is 5.64. The summed E-state index contributed by atoms with van der Waals surface area (Å²) in [4.78, 5) is 63.6. The molecule has 19 heteroatoms. The molecule has 6 aliphatic rings. The first-order valence-electron chi connectivity index (χ1n) is 22.9. The fourth-order valence-electron chi connectivity index (χ4n) is 9.92. The average molecular weight is 926 g/mol. The molecule has 64 heavy (non-hydrogen) atoms. The molecule has 1 saturated heterocycles. The van der Waals surface area contributed by atoms with Crippen molar-refractivity contribution in [2.75, 3.05) is 19.8 Å². The van der Waals surface area contributed by atoms with E-state index >= 15 is 4.79 Å². The molecular weight excluding hydrogens is 866 g/mol. The van der Waals surface area contributed by atoms with Crippen LogP contribution < -0.4 is 24.6 Å². The Morgan fingerprint density at radius 3 is 2.44 bits per heavy atom. The van der Waals surface area contributed by atoms with Crippen LogP contribution in [0.5, 0.6) is 11.6 Å². The quantitative estimate of drug-likeness (QED) is 0.152. The van der Waals surface area contributed by atoms with E-state index in [1.807, 2.05) is 18.2 Å². The van der Waals surface area contributed by atoms with Crippen molar-refractivity contribution in [1.29, 1.82) is 0 Å². The Morgan fingerprint density at radius 2 is 1.73 bits per heavy atom. The monoisotopic (exact) mass is 925 g/mol. The maximum absolute atomic E-state index is 15.1. The highest BCUT2D eigenvalue weighted by molar-refractivity contribution is 7.91. The Bertz CT molecular complexity index is 2310. The number of carbonyl (C=O) groups is 4. The number of fused-ring (bicyclic) bond motifs is 5. The van der Waals surface area contributed by atoms with Gasteiger partial charge in [-0.15, -0.1) is 6.58 Å². The largest absolute Gasteiger partial charge is 0.530 e. The van der Waals surface area contributed by atoms with Gasteiger partial charge in [-0.3, -0.25) is 28.2 Å². The van der Waals surface area contributed by atoms with E-state index in [-0.39, 0.29) is 68.6 Å². The summed E-state index contributed by atoms with van der Waals surface area (Å²) in [5.41, 5.74) is -0.706. The highest BCUT2D eigenvalue weighted by Gasteiger charge is 2.62. The number of amides is 4. The first-order valence-corrected chi connectivity index (χ1v) is 25.9. The minimum atomic E-state index is -4.15. The molecule has 2 aliphatic heterocycles. The predicted octanol–water partition coefficient (Wildman–Crippen LogP) is 6.16. The molecule has 8 rings (SSSR count). The molecule has 0 spiro atoms. The molecule has 0 unspecified atom stereocenters. The zero-order valence-electron chi connectivity index (χ0n) is 36.5. The first kappa shape index (κ1) is 46.0. The predicted molar refractivity (Wildman–Crippen MR) is 236 cm³/mol. The van der Waals surface area contributed by atoms with Crippen LogP contribution in [0.2, 0.25) is 0 Å². The SMILES string of the molecule is C=C[C@@H]1C[C@]1(NC(=O)[C@@H]1C[C@@H]2CN1C(=O)[C@H](C1CCCC1)NC(=O)O[C@@H]1CCC[C@H]1CCC=CCc1c(nc3ccccc3c1OP(=O)(OCC)OCC)O2)C(=O)NS(=O)(=O)C1CC1. The standard InChI is InChI=1S/C45H60N5O12PS/c1-4-30-26-45(30,43(53)49-64(56,57)32-23-24-32)48-40(51)36-25-31-27-50(36)42(52)38(29-16-10-11-17-29)47-44(54)61-37-22-14-18-28(37)15-8-7-9-20-34-39(62-63(55,58-5-2)59-6-3)33-19-12-13-21-35(33)46-41(34)60-31/h4,7,9,12-13,19,21,28-32,36-38H,1,5-6,8,10-11,14-18,20,22-27H2,2-3H3,(H,47,54)(H,48,51)(H,49,53)/t28-,30-,31-,36+,37-,38+,45-/m1/s1. The number of hydrogen-bond donors (Lipinski definition) is 3. The third-order valence-electron chi connectivity index (χ3n) is 13.5. The number of alkyl carbamates (subject to hydrolysis) is 1. The summed E-state index contributed by atoms with van der Waals surface area (Å²) >= 11 is 0. The number of allylic oxidation sites excluding steroid dienone is 2. The number of phosphoric ester groups is 1. The van der Waals surface area contributed by atoms with E-state index in [1.165, 1.54) is 11.0 Å². The van der Waals surface area contributed by atoms with Crippen LogP contribution in [0.4, 0.5) is 4.79 Å². The molecular formula is C45H60N5O12PS. The fraction of sp³-hybridized carbons (Fsp3) is 0.622. The number of aromatic nitrogens is 1. The maximum atomic E-state index is 15.1. The zero-order chi connectivity index (χ0) is 45.2. The molecule has 348 valence electrons. The van der Waals surface area contributed by atoms with E-state index in [9.17, 15) is 27.4 Å². The number of nitrogens with one attached hydrogen (secondary N) is 3. The Kier molecular flexibility index (Phi) is 13.8. The smallest absolute Gasteiger partial charge is 0.472 e. The highest BCUT2D eigenvalue weighted by atomic mass is 32.2. The van der Waals surface area contributed by atoms with Gasteiger partial charge in [0.1, 0.15) is 35.6 Å². The molecule has 4 aliphatic carbocycles. The Hall–Kier alpha value is -4.51. The van der Waals surface area contributed by atoms with Gasteiger partial charge in [0.05, 0.1) is 36.1 Å². The molecule has 2 aromatic rings. The van der Waals surface area contributed by atoms with Crippen LogP contribution in [0.1, 0.15) is 103 Å². The number of benzene rings is 1. The number of pyridine rings is 1. The van der Waals surface area contributed by atoms with Gasteiger partial charge in [0.2, 0.25) is 27.7 Å². The molecule has 0 radical (unpaired) electrons. The van der Waals surface area contributed by atoms with Crippen LogP contribution in [0.15, 0.2) is 49.1 Å². The van der Waals surface area contributed by atoms with Gasteiger partial charge in [0.25, 0.3) is 5.91 Å². The highest BCUT2D eigenvalue weighted by Crippen LogP contribution is 2.53. The molecule has 3 N–H and O–H groups in total. The number of para-hydroxylation sites is 1. The summed E-state index contributed by atoms with van der Waals surface area (Å²) in [7, 11) is -8.10. The summed E-state index contributed by atoms with van der Waals surface area (Å²) in [6.07, 6.45) is 11.8. The van der Waals surface area contributed by atoms with Crippen molar-refractivity contribution < 1.29 is 55.2 Å². The lowest BCUT2D eigenvalue weighted by atomic mass is 9.96. The third-order valence-corrected chi connectivity index (χ3v) is 16.9.